The van der Waals surface area contributed by atoms with Crippen LogP contribution in [-0.2, 0) is 14.3 Å². The van der Waals surface area contributed by atoms with Crippen LogP contribution in [0.15, 0.2) is 0 Å². The van der Waals surface area contributed by atoms with E-state index >= 15 is 0 Å². The number of nitriles is 1. The van der Waals surface area contributed by atoms with E-state index in [1.54, 1.807) is 32.6 Å². The number of ether oxygens (including phenoxy) is 2. The van der Waals surface area contributed by atoms with Crippen LogP contribution in [0, 0.1) is 11.3 Å². The standard InChI is InChI=1S/C15H26N2O4/c1-5-20-13(18)9-8-12-17(11-7-6-10-16)14(19)21-15(2,3)4/h5-9,11-12H2,1-4H3. The van der Waals surface area contributed by atoms with Crippen LogP contribution in [0.4, 0.5) is 4.79 Å². The van der Waals surface area contributed by atoms with E-state index in [1.807, 2.05) is 6.07 Å². The summed E-state index contributed by atoms with van der Waals surface area (Å²) in [5, 5.41) is 8.57. The lowest BCUT2D eigenvalue weighted by molar-refractivity contribution is -0.143. The van der Waals surface area contributed by atoms with Gasteiger partial charge in [0, 0.05) is 25.9 Å². The largest absolute Gasteiger partial charge is 0.466 e. The molecule has 0 saturated carbocycles. The maximum absolute atomic E-state index is 12.1. The Kier molecular flexibility index (Phi) is 9.18. The third-order valence-corrected chi connectivity index (χ3v) is 2.48. The van der Waals surface area contributed by atoms with Gasteiger partial charge in [0.2, 0.25) is 0 Å². The quantitative estimate of drug-likeness (QED) is 0.508. The maximum Gasteiger partial charge on any atom is 0.410 e. The summed E-state index contributed by atoms with van der Waals surface area (Å²) in [4.78, 5) is 24.9. The number of esters is 1. The molecule has 0 N–H and O–H groups in total. The van der Waals surface area contributed by atoms with Gasteiger partial charge in [-0.1, -0.05) is 0 Å². The molecule has 1 amide bonds. The van der Waals surface area contributed by atoms with Crippen molar-refractivity contribution in [2.45, 2.75) is 59.0 Å². The van der Waals surface area contributed by atoms with Crippen LogP contribution < -0.4 is 0 Å². The Hall–Kier alpha value is -1.77. The molecular weight excluding hydrogens is 272 g/mol. The molecular formula is C15H26N2O4. The molecule has 6 nitrogen and oxygen atoms in total. The molecule has 120 valence electrons. The van der Waals surface area contributed by atoms with E-state index in [0.717, 1.165) is 0 Å². The van der Waals surface area contributed by atoms with Crippen molar-refractivity contribution in [3.63, 3.8) is 0 Å². The van der Waals surface area contributed by atoms with Gasteiger partial charge in [-0.25, -0.2) is 4.79 Å². The van der Waals surface area contributed by atoms with Gasteiger partial charge in [0.05, 0.1) is 12.7 Å². The summed E-state index contributed by atoms with van der Waals surface area (Å²) >= 11 is 0. The third kappa shape index (κ3) is 10.7. The zero-order chi connectivity index (χ0) is 16.3. The molecule has 0 aliphatic rings. The minimum Gasteiger partial charge on any atom is -0.466 e. The van der Waals surface area contributed by atoms with Gasteiger partial charge < -0.3 is 14.4 Å². The Bertz CT molecular complexity index is 369. The summed E-state index contributed by atoms with van der Waals surface area (Å²) in [6.45, 7) is 8.39. The summed E-state index contributed by atoms with van der Waals surface area (Å²) < 4.78 is 10.2. The topological polar surface area (TPSA) is 79.6 Å². The summed E-state index contributed by atoms with van der Waals surface area (Å²) in [5.74, 6) is -0.265. The van der Waals surface area contributed by atoms with Crippen molar-refractivity contribution in [3.05, 3.63) is 0 Å². The number of amides is 1. The van der Waals surface area contributed by atoms with E-state index in [2.05, 4.69) is 0 Å². The molecule has 0 radical (unpaired) electrons. The van der Waals surface area contributed by atoms with Crippen molar-refractivity contribution >= 4 is 12.1 Å². The molecule has 0 aliphatic carbocycles. The van der Waals surface area contributed by atoms with Gasteiger partial charge in [0.25, 0.3) is 0 Å². The van der Waals surface area contributed by atoms with Crippen LogP contribution in [0.3, 0.4) is 0 Å². The van der Waals surface area contributed by atoms with E-state index in [-0.39, 0.29) is 12.4 Å². The number of hydrogen-bond acceptors (Lipinski definition) is 5. The fraction of sp³-hybridized carbons (Fsp3) is 0.800. The van der Waals surface area contributed by atoms with Gasteiger partial charge >= 0.3 is 12.1 Å². The molecule has 0 unspecified atom stereocenters. The predicted molar refractivity (Wildman–Crippen MR) is 78.5 cm³/mol. The van der Waals surface area contributed by atoms with E-state index in [1.165, 1.54) is 0 Å². The van der Waals surface area contributed by atoms with Crippen LogP contribution in [0.1, 0.15) is 53.4 Å². The Morgan fingerprint density at radius 1 is 1.19 bits per heavy atom. The van der Waals surface area contributed by atoms with Crippen LogP contribution in [-0.4, -0.2) is 42.3 Å². The zero-order valence-electron chi connectivity index (χ0n) is 13.5. The first-order valence-electron chi connectivity index (χ1n) is 7.30. The monoisotopic (exact) mass is 298 g/mol. The molecule has 0 bridgehead atoms. The van der Waals surface area contributed by atoms with Crippen molar-refractivity contribution < 1.29 is 19.1 Å². The second-order valence-corrected chi connectivity index (χ2v) is 5.64. The van der Waals surface area contributed by atoms with Crippen molar-refractivity contribution in [1.29, 1.82) is 5.26 Å². The summed E-state index contributed by atoms with van der Waals surface area (Å²) in [5.41, 5.74) is -0.564. The first-order chi connectivity index (χ1) is 9.80. The molecule has 0 fully saturated rings. The molecule has 0 aromatic heterocycles. The Morgan fingerprint density at radius 2 is 1.81 bits per heavy atom. The van der Waals surface area contributed by atoms with Crippen LogP contribution in [0.2, 0.25) is 0 Å². The average Bonchev–Trinajstić information content (AvgIpc) is 2.35. The molecule has 0 aromatic carbocycles. The number of unbranched alkanes of at least 4 members (excludes halogenated alkanes) is 1. The average molecular weight is 298 g/mol. The summed E-state index contributed by atoms with van der Waals surface area (Å²) in [6.07, 6.45) is 1.35. The zero-order valence-corrected chi connectivity index (χ0v) is 13.5. The van der Waals surface area contributed by atoms with Crippen molar-refractivity contribution in [2.24, 2.45) is 0 Å². The van der Waals surface area contributed by atoms with Crippen molar-refractivity contribution in [1.82, 2.24) is 4.90 Å². The summed E-state index contributed by atoms with van der Waals surface area (Å²) in [6, 6.07) is 2.05. The minimum absolute atomic E-state index is 0.265. The number of carbonyl (C=O) groups excluding carboxylic acids is 2. The van der Waals surface area contributed by atoms with Gasteiger partial charge in [-0.3, -0.25) is 4.79 Å². The lowest BCUT2D eigenvalue weighted by Gasteiger charge is -2.27. The Balaban J connectivity index is 4.35. The highest BCUT2D eigenvalue weighted by Crippen LogP contribution is 2.11. The van der Waals surface area contributed by atoms with Gasteiger partial charge in [-0.2, -0.15) is 5.26 Å². The number of carbonyl (C=O) groups is 2. The molecule has 0 aromatic rings. The second kappa shape index (κ2) is 10.0. The van der Waals surface area contributed by atoms with Crippen LogP contribution in [0.25, 0.3) is 0 Å². The van der Waals surface area contributed by atoms with Crippen molar-refractivity contribution in [2.75, 3.05) is 19.7 Å². The van der Waals surface area contributed by atoms with E-state index in [0.29, 0.717) is 39.0 Å². The Morgan fingerprint density at radius 3 is 2.33 bits per heavy atom. The fourth-order valence-electron chi connectivity index (χ4n) is 1.62. The van der Waals surface area contributed by atoms with E-state index in [4.69, 9.17) is 14.7 Å². The predicted octanol–water partition coefficient (Wildman–Crippen LogP) is 2.87. The molecule has 21 heavy (non-hydrogen) atoms. The SMILES string of the molecule is CCOC(=O)CCCN(CCCC#N)C(=O)OC(C)(C)C. The van der Waals surface area contributed by atoms with Gasteiger partial charge in [-0.15, -0.1) is 0 Å². The minimum atomic E-state index is -0.564. The summed E-state index contributed by atoms with van der Waals surface area (Å²) in [7, 11) is 0. The highest BCUT2D eigenvalue weighted by Gasteiger charge is 2.21. The second-order valence-electron chi connectivity index (χ2n) is 5.64. The van der Waals surface area contributed by atoms with Crippen LogP contribution >= 0.6 is 0 Å². The van der Waals surface area contributed by atoms with Gasteiger partial charge in [0.15, 0.2) is 0 Å². The van der Waals surface area contributed by atoms with Crippen molar-refractivity contribution in [3.8, 4) is 6.07 Å². The molecule has 0 saturated heterocycles. The lowest BCUT2D eigenvalue weighted by atomic mass is 10.2. The normalized spacial score (nSPS) is 10.6. The van der Waals surface area contributed by atoms with E-state index < -0.39 is 11.7 Å². The highest BCUT2D eigenvalue weighted by atomic mass is 16.6. The smallest absolute Gasteiger partial charge is 0.410 e. The first-order valence-corrected chi connectivity index (χ1v) is 7.30. The first kappa shape index (κ1) is 19.2. The highest BCUT2D eigenvalue weighted by molar-refractivity contribution is 5.70. The number of hydrogen-bond donors (Lipinski definition) is 0. The van der Waals surface area contributed by atoms with Gasteiger partial charge in [0.1, 0.15) is 5.60 Å². The van der Waals surface area contributed by atoms with Crippen LogP contribution in [0.5, 0.6) is 0 Å². The molecule has 6 heteroatoms. The molecule has 0 heterocycles. The maximum atomic E-state index is 12.1. The molecule has 0 rings (SSSR count). The number of rotatable bonds is 8. The third-order valence-electron chi connectivity index (χ3n) is 2.48. The fourth-order valence-corrected chi connectivity index (χ4v) is 1.62. The molecule has 0 atom stereocenters. The Labute approximate surface area is 127 Å². The lowest BCUT2D eigenvalue weighted by Crippen LogP contribution is -2.38. The molecule has 0 aliphatic heterocycles. The van der Waals surface area contributed by atoms with Gasteiger partial charge in [-0.05, 0) is 40.5 Å². The molecule has 0 spiro atoms. The number of nitrogens with zero attached hydrogens (tertiary/aromatic N) is 2. The van der Waals surface area contributed by atoms with E-state index in [9.17, 15) is 9.59 Å².